The Morgan fingerprint density at radius 2 is 1.54 bits per heavy atom. The van der Waals surface area contributed by atoms with Crippen molar-refractivity contribution in [3.05, 3.63) is 29.3 Å². The zero-order valence-corrected chi connectivity index (χ0v) is 17.3. The monoisotopic (exact) mass is 384 g/mol. The molecule has 0 aliphatic carbocycles. The van der Waals surface area contributed by atoms with Gasteiger partial charge in [0.1, 0.15) is 5.75 Å². The first-order chi connectivity index (χ1) is 12.5. The van der Waals surface area contributed by atoms with Crippen LogP contribution in [0.5, 0.6) is 5.75 Å². The van der Waals surface area contributed by atoms with Crippen LogP contribution in [0.2, 0.25) is 0 Å². The molecule has 5 heteroatoms. The lowest BCUT2D eigenvalue weighted by atomic mass is 9.99. The van der Waals surface area contributed by atoms with Crippen molar-refractivity contribution in [1.29, 1.82) is 0 Å². The first kappa shape index (κ1) is 23.0. The van der Waals surface area contributed by atoms with E-state index in [0.29, 0.717) is 13.0 Å². The summed E-state index contributed by atoms with van der Waals surface area (Å²) < 4.78 is 36.2. The molecule has 1 aromatic carbocycles. The van der Waals surface area contributed by atoms with E-state index in [0.717, 1.165) is 25.0 Å². The highest BCUT2D eigenvalue weighted by atomic mass is 32.2. The van der Waals surface area contributed by atoms with Crippen molar-refractivity contribution >= 4 is 10.1 Å². The second kappa shape index (κ2) is 13.2. The van der Waals surface area contributed by atoms with Crippen LogP contribution in [0, 0.1) is 0 Å². The Kier molecular flexibility index (Phi) is 11.6. The molecule has 0 unspecified atom stereocenters. The highest BCUT2D eigenvalue weighted by Crippen LogP contribution is 2.24. The molecule has 1 N–H and O–H groups in total. The number of rotatable bonds is 15. The normalized spacial score (nSPS) is 11.7. The van der Waals surface area contributed by atoms with Crippen molar-refractivity contribution in [3.63, 3.8) is 0 Å². The zero-order valence-electron chi connectivity index (χ0n) is 16.5. The van der Waals surface area contributed by atoms with Gasteiger partial charge in [-0.1, -0.05) is 64.5 Å². The second-order valence-corrected chi connectivity index (χ2v) is 8.62. The van der Waals surface area contributed by atoms with E-state index in [4.69, 9.17) is 9.29 Å². The maximum Gasteiger partial charge on any atom is 0.264 e. The predicted octanol–water partition coefficient (Wildman–Crippen LogP) is 5.59. The summed E-state index contributed by atoms with van der Waals surface area (Å²) in [6.45, 7) is 4.74. The summed E-state index contributed by atoms with van der Waals surface area (Å²) in [6, 6.07) is 6.41. The molecule has 0 aliphatic heterocycles. The van der Waals surface area contributed by atoms with Gasteiger partial charge in [0.05, 0.1) is 12.4 Å². The molecule has 0 saturated heterocycles. The summed E-state index contributed by atoms with van der Waals surface area (Å²) in [5.74, 6) is 0.600. The smallest absolute Gasteiger partial charge is 0.264 e. The highest BCUT2D eigenvalue weighted by Gasteiger charge is 2.08. The van der Waals surface area contributed by atoms with E-state index in [1.165, 1.54) is 56.1 Å². The van der Waals surface area contributed by atoms with E-state index >= 15 is 0 Å². The third-order valence-electron chi connectivity index (χ3n) is 4.55. The van der Waals surface area contributed by atoms with Crippen LogP contribution in [-0.4, -0.2) is 25.3 Å². The second-order valence-electron chi connectivity index (χ2n) is 7.05. The number of aryl methyl sites for hydroxylation is 2. The third kappa shape index (κ3) is 10.8. The average molecular weight is 385 g/mol. The maximum absolute atomic E-state index is 10.8. The predicted molar refractivity (Wildman–Crippen MR) is 109 cm³/mol. The maximum atomic E-state index is 10.8. The number of hydrogen-bond donors (Lipinski definition) is 1. The van der Waals surface area contributed by atoms with Crippen molar-refractivity contribution in [2.45, 2.75) is 84.5 Å². The molecule has 0 bridgehead atoms. The number of benzene rings is 1. The molecule has 4 nitrogen and oxygen atoms in total. The minimum absolute atomic E-state index is 0.256. The number of ether oxygens (including phenoxy) is 1. The summed E-state index contributed by atoms with van der Waals surface area (Å²) in [6.07, 6.45) is 12.3. The standard InChI is InChI=1S/C21H36O4S/c1-3-5-7-9-12-19-14-15-21(25-16-11-17-26(22,23)24)20(18-19)13-10-8-6-4-2/h14-15,18H,3-13,16-17H2,1-2H3,(H,22,23,24). The van der Waals surface area contributed by atoms with Crippen LogP contribution in [0.15, 0.2) is 18.2 Å². The Balaban J connectivity index is 2.63. The quantitative estimate of drug-likeness (QED) is 0.316. The largest absolute Gasteiger partial charge is 0.493 e. The molecule has 0 aliphatic rings. The van der Waals surface area contributed by atoms with Gasteiger partial charge >= 0.3 is 0 Å². The van der Waals surface area contributed by atoms with Gasteiger partial charge in [0.2, 0.25) is 0 Å². The minimum Gasteiger partial charge on any atom is -0.493 e. The number of unbranched alkanes of at least 4 members (excludes halogenated alkanes) is 6. The van der Waals surface area contributed by atoms with Crippen molar-refractivity contribution < 1.29 is 17.7 Å². The third-order valence-corrected chi connectivity index (χ3v) is 5.35. The molecule has 0 heterocycles. The molecule has 0 amide bonds. The van der Waals surface area contributed by atoms with E-state index in [1.807, 2.05) is 6.07 Å². The van der Waals surface area contributed by atoms with Gasteiger partial charge in [-0.15, -0.1) is 0 Å². The van der Waals surface area contributed by atoms with E-state index in [-0.39, 0.29) is 5.75 Å². The van der Waals surface area contributed by atoms with Gasteiger partial charge in [-0.25, -0.2) is 0 Å². The summed E-state index contributed by atoms with van der Waals surface area (Å²) in [5, 5.41) is 0. The van der Waals surface area contributed by atoms with E-state index in [1.54, 1.807) is 0 Å². The van der Waals surface area contributed by atoms with Gasteiger partial charge in [-0.3, -0.25) is 4.55 Å². The first-order valence-corrected chi connectivity index (χ1v) is 11.8. The van der Waals surface area contributed by atoms with Crippen molar-refractivity contribution in [1.82, 2.24) is 0 Å². The molecule has 0 atom stereocenters. The molecule has 26 heavy (non-hydrogen) atoms. The van der Waals surface area contributed by atoms with Crippen LogP contribution in [0.3, 0.4) is 0 Å². The molecule has 1 aromatic rings. The van der Waals surface area contributed by atoms with E-state index in [2.05, 4.69) is 26.0 Å². The molecule has 0 spiro atoms. The lowest BCUT2D eigenvalue weighted by Crippen LogP contribution is -2.09. The fourth-order valence-electron chi connectivity index (χ4n) is 3.05. The van der Waals surface area contributed by atoms with Crippen LogP contribution < -0.4 is 4.74 Å². The molecular formula is C21H36O4S. The fourth-order valence-corrected chi connectivity index (χ4v) is 3.53. The number of hydrogen-bond acceptors (Lipinski definition) is 3. The minimum atomic E-state index is -3.91. The van der Waals surface area contributed by atoms with Crippen LogP contribution in [-0.2, 0) is 23.0 Å². The van der Waals surface area contributed by atoms with Gasteiger partial charge in [0.25, 0.3) is 10.1 Å². The molecule has 1 rings (SSSR count). The lowest BCUT2D eigenvalue weighted by molar-refractivity contribution is 0.312. The topological polar surface area (TPSA) is 63.6 Å². The fraction of sp³-hybridized carbons (Fsp3) is 0.714. The summed E-state index contributed by atoms with van der Waals surface area (Å²) >= 11 is 0. The molecule has 0 radical (unpaired) electrons. The van der Waals surface area contributed by atoms with Gasteiger partial charge < -0.3 is 4.74 Å². The van der Waals surface area contributed by atoms with Gasteiger partial charge in [-0.05, 0) is 49.3 Å². The van der Waals surface area contributed by atoms with Crippen molar-refractivity contribution in [3.8, 4) is 5.75 Å². The Bertz CT molecular complexity index is 596. The zero-order chi connectivity index (χ0) is 19.3. The SMILES string of the molecule is CCCCCCc1ccc(OCCCS(=O)(=O)O)c(CCCCCC)c1. The summed E-state index contributed by atoms with van der Waals surface area (Å²) in [4.78, 5) is 0. The van der Waals surface area contributed by atoms with Gasteiger partial charge in [0, 0.05) is 0 Å². The first-order valence-electron chi connectivity index (χ1n) is 10.2. The molecule has 150 valence electrons. The van der Waals surface area contributed by atoms with Crippen molar-refractivity contribution in [2.75, 3.05) is 12.4 Å². The van der Waals surface area contributed by atoms with Crippen LogP contribution in [0.25, 0.3) is 0 Å². The van der Waals surface area contributed by atoms with Gasteiger partial charge in [0.15, 0.2) is 0 Å². The highest BCUT2D eigenvalue weighted by molar-refractivity contribution is 7.85. The molecule has 0 fully saturated rings. The van der Waals surface area contributed by atoms with E-state index < -0.39 is 10.1 Å². The Hall–Kier alpha value is -1.07. The van der Waals surface area contributed by atoms with Gasteiger partial charge in [-0.2, -0.15) is 8.42 Å². The van der Waals surface area contributed by atoms with Crippen LogP contribution in [0.1, 0.15) is 82.8 Å². The Morgan fingerprint density at radius 1 is 0.885 bits per heavy atom. The van der Waals surface area contributed by atoms with Crippen molar-refractivity contribution in [2.24, 2.45) is 0 Å². The molecular weight excluding hydrogens is 348 g/mol. The molecule has 0 aromatic heterocycles. The molecule has 0 saturated carbocycles. The summed E-state index contributed by atoms with van der Waals surface area (Å²) in [7, 11) is -3.91. The Morgan fingerprint density at radius 3 is 2.15 bits per heavy atom. The van der Waals surface area contributed by atoms with Crippen LogP contribution >= 0.6 is 0 Å². The summed E-state index contributed by atoms with van der Waals surface area (Å²) in [5.41, 5.74) is 2.58. The van der Waals surface area contributed by atoms with Crippen LogP contribution in [0.4, 0.5) is 0 Å². The Labute approximate surface area is 160 Å². The lowest BCUT2D eigenvalue weighted by Gasteiger charge is -2.13. The van der Waals surface area contributed by atoms with E-state index in [9.17, 15) is 8.42 Å². The average Bonchev–Trinajstić information content (AvgIpc) is 2.60.